The summed E-state index contributed by atoms with van der Waals surface area (Å²) in [6.07, 6.45) is 0.546. The van der Waals surface area contributed by atoms with Gasteiger partial charge in [0.05, 0.1) is 11.5 Å². The van der Waals surface area contributed by atoms with Gasteiger partial charge in [-0.25, -0.2) is 0 Å². The summed E-state index contributed by atoms with van der Waals surface area (Å²) in [7, 11) is 0. The van der Waals surface area contributed by atoms with E-state index in [-0.39, 0.29) is 23.7 Å². The van der Waals surface area contributed by atoms with Crippen molar-refractivity contribution < 1.29 is 19.2 Å². The first kappa shape index (κ1) is 27.0. The molecule has 2 aromatic carbocycles. The highest BCUT2D eigenvalue weighted by Gasteiger charge is 2.24. The summed E-state index contributed by atoms with van der Waals surface area (Å²) in [4.78, 5) is 41.9. The molecular weight excluding hydrogens is 478 g/mol. The fraction of sp³-hybridized carbons (Fsp3) is 0.333. The Balaban J connectivity index is 1.83. The fourth-order valence-electron chi connectivity index (χ4n) is 3.73. The first-order valence-electron chi connectivity index (χ1n) is 11.8. The minimum atomic E-state index is -0.535. The van der Waals surface area contributed by atoms with Gasteiger partial charge in [-0.2, -0.15) is 0 Å². The Bertz CT molecular complexity index is 1160. The molecule has 3 rings (SSSR count). The number of amides is 2. The van der Waals surface area contributed by atoms with E-state index in [1.54, 1.807) is 16.2 Å². The lowest BCUT2D eigenvalue weighted by Crippen LogP contribution is -2.43. The molecule has 8 nitrogen and oxygen atoms in total. The van der Waals surface area contributed by atoms with Gasteiger partial charge in [-0.05, 0) is 48.9 Å². The zero-order valence-electron chi connectivity index (χ0n) is 20.6. The Morgan fingerprint density at radius 3 is 2.47 bits per heavy atom. The minimum Gasteiger partial charge on any atom is -0.382 e. The number of hydrogen-bond acceptors (Lipinski definition) is 6. The molecule has 0 aliphatic carbocycles. The number of nitrogens with zero attached hydrogens (tertiary/aromatic N) is 3. The second-order valence-electron chi connectivity index (χ2n) is 8.35. The third-order valence-corrected chi connectivity index (χ3v) is 6.72. The van der Waals surface area contributed by atoms with Crippen LogP contribution in [0.25, 0.3) is 0 Å². The molecule has 0 radical (unpaired) electrons. The molecule has 0 unspecified atom stereocenters. The molecule has 0 fully saturated rings. The number of nitro benzene ring substituents is 1. The van der Waals surface area contributed by atoms with Gasteiger partial charge >= 0.3 is 0 Å². The molecule has 0 saturated heterocycles. The van der Waals surface area contributed by atoms with Gasteiger partial charge in [0.2, 0.25) is 5.91 Å². The summed E-state index contributed by atoms with van der Waals surface area (Å²) in [6, 6.07) is 17.4. The van der Waals surface area contributed by atoms with E-state index in [0.717, 1.165) is 16.0 Å². The molecule has 0 atom stereocenters. The van der Waals surface area contributed by atoms with E-state index < -0.39 is 10.8 Å². The van der Waals surface area contributed by atoms with Crippen molar-refractivity contribution in [3.8, 4) is 0 Å². The van der Waals surface area contributed by atoms with E-state index in [9.17, 15) is 19.7 Å². The van der Waals surface area contributed by atoms with E-state index in [0.29, 0.717) is 39.3 Å². The van der Waals surface area contributed by atoms with E-state index in [1.807, 2.05) is 55.6 Å². The number of ether oxygens (including phenoxy) is 1. The number of carbonyl (C=O) groups is 2. The highest BCUT2D eigenvalue weighted by atomic mass is 32.1. The smallest absolute Gasteiger partial charge is 0.270 e. The predicted molar refractivity (Wildman–Crippen MR) is 140 cm³/mol. The SMILES string of the molecule is CCOCCCN(CC(=O)N(Cc1ccccc1)Cc1sccc1C)C(=O)c1cccc([N+](=O)[O-])c1. The topological polar surface area (TPSA) is 93.0 Å². The highest BCUT2D eigenvalue weighted by Crippen LogP contribution is 2.20. The number of hydrogen-bond donors (Lipinski definition) is 0. The van der Waals surface area contributed by atoms with Crippen molar-refractivity contribution in [3.63, 3.8) is 0 Å². The molecule has 0 bridgehead atoms. The van der Waals surface area contributed by atoms with Crippen molar-refractivity contribution in [3.05, 3.63) is 97.7 Å². The molecule has 36 heavy (non-hydrogen) atoms. The molecule has 0 aliphatic heterocycles. The molecule has 0 aliphatic rings. The van der Waals surface area contributed by atoms with Crippen molar-refractivity contribution in [2.45, 2.75) is 33.4 Å². The van der Waals surface area contributed by atoms with Crippen LogP contribution in [0, 0.1) is 17.0 Å². The zero-order valence-corrected chi connectivity index (χ0v) is 21.4. The largest absolute Gasteiger partial charge is 0.382 e. The van der Waals surface area contributed by atoms with Gasteiger partial charge in [-0.15, -0.1) is 11.3 Å². The Labute approximate surface area is 215 Å². The van der Waals surface area contributed by atoms with Crippen LogP contribution < -0.4 is 0 Å². The molecule has 2 amide bonds. The van der Waals surface area contributed by atoms with Crippen molar-refractivity contribution in [1.82, 2.24) is 9.80 Å². The maximum atomic E-state index is 13.6. The quantitative estimate of drug-likeness (QED) is 0.182. The third-order valence-electron chi connectivity index (χ3n) is 5.71. The van der Waals surface area contributed by atoms with Crippen molar-refractivity contribution >= 4 is 28.8 Å². The molecule has 0 saturated carbocycles. The van der Waals surface area contributed by atoms with Crippen LogP contribution in [0.15, 0.2) is 66.0 Å². The van der Waals surface area contributed by atoms with Crippen LogP contribution in [-0.2, 0) is 22.6 Å². The van der Waals surface area contributed by atoms with E-state index in [1.165, 1.54) is 29.2 Å². The molecule has 9 heteroatoms. The summed E-state index contributed by atoms with van der Waals surface area (Å²) in [5.41, 5.74) is 2.12. The van der Waals surface area contributed by atoms with Gasteiger partial charge in [0.25, 0.3) is 11.6 Å². The Morgan fingerprint density at radius 1 is 1.03 bits per heavy atom. The van der Waals surface area contributed by atoms with Crippen LogP contribution in [-0.4, -0.2) is 52.8 Å². The van der Waals surface area contributed by atoms with Crippen molar-refractivity contribution in [1.29, 1.82) is 0 Å². The lowest BCUT2D eigenvalue weighted by Gasteiger charge is -2.28. The van der Waals surface area contributed by atoms with Crippen molar-refractivity contribution in [2.24, 2.45) is 0 Å². The summed E-state index contributed by atoms with van der Waals surface area (Å²) in [6.45, 7) is 5.93. The van der Waals surface area contributed by atoms with Gasteiger partial charge in [0.15, 0.2) is 0 Å². The third kappa shape index (κ3) is 7.73. The number of non-ortho nitro benzene ring substituents is 1. The number of nitro groups is 1. The monoisotopic (exact) mass is 509 g/mol. The Hall–Kier alpha value is -3.56. The number of thiophene rings is 1. The average Bonchev–Trinajstić information content (AvgIpc) is 3.29. The number of carbonyl (C=O) groups excluding carboxylic acids is 2. The maximum absolute atomic E-state index is 13.6. The zero-order chi connectivity index (χ0) is 25.9. The van der Waals surface area contributed by atoms with Crippen LogP contribution in [0.4, 0.5) is 5.69 Å². The number of benzene rings is 2. The van der Waals surface area contributed by atoms with Gasteiger partial charge < -0.3 is 14.5 Å². The Morgan fingerprint density at radius 2 is 1.81 bits per heavy atom. The lowest BCUT2D eigenvalue weighted by molar-refractivity contribution is -0.384. The normalized spacial score (nSPS) is 10.7. The first-order valence-corrected chi connectivity index (χ1v) is 12.7. The predicted octanol–water partition coefficient (Wildman–Crippen LogP) is 5.06. The van der Waals surface area contributed by atoms with Gasteiger partial charge in [-0.1, -0.05) is 36.4 Å². The molecular formula is C27H31N3O5S. The molecule has 190 valence electrons. The fourth-order valence-corrected chi connectivity index (χ4v) is 4.65. The van der Waals surface area contributed by atoms with Crippen LogP contribution in [0.2, 0.25) is 0 Å². The van der Waals surface area contributed by atoms with Crippen molar-refractivity contribution in [2.75, 3.05) is 26.3 Å². The van der Waals surface area contributed by atoms with Gasteiger partial charge in [0.1, 0.15) is 6.54 Å². The standard InChI is InChI=1S/C27H31N3O5S/c1-3-35-15-8-14-28(27(32)23-11-7-12-24(17-23)30(33)34)20-26(31)29(18-22-9-5-4-6-10-22)19-25-21(2)13-16-36-25/h4-7,9-13,16-17H,3,8,14-15,18-20H2,1-2H3. The summed E-state index contributed by atoms with van der Waals surface area (Å²) in [5, 5.41) is 13.2. The summed E-state index contributed by atoms with van der Waals surface area (Å²) < 4.78 is 5.41. The van der Waals surface area contributed by atoms with Gasteiger partial charge in [-0.3, -0.25) is 19.7 Å². The van der Waals surface area contributed by atoms with E-state index in [2.05, 4.69) is 0 Å². The van der Waals surface area contributed by atoms with E-state index in [4.69, 9.17) is 4.74 Å². The lowest BCUT2D eigenvalue weighted by atomic mass is 10.1. The van der Waals surface area contributed by atoms with E-state index >= 15 is 0 Å². The second kappa shape index (κ2) is 13.5. The molecule has 3 aromatic rings. The maximum Gasteiger partial charge on any atom is 0.270 e. The molecule has 1 heterocycles. The average molecular weight is 510 g/mol. The summed E-state index contributed by atoms with van der Waals surface area (Å²) >= 11 is 1.60. The number of aryl methyl sites for hydroxylation is 1. The highest BCUT2D eigenvalue weighted by molar-refractivity contribution is 7.10. The summed E-state index contributed by atoms with van der Waals surface area (Å²) in [5.74, 6) is -0.614. The molecule has 0 N–H and O–H groups in total. The van der Waals surface area contributed by atoms with Gasteiger partial charge in [0, 0.05) is 48.9 Å². The van der Waals surface area contributed by atoms with Crippen LogP contribution in [0.3, 0.4) is 0 Å². The van der Waals surface area contributed by atoms with Crippen LogP contribution >= 0.6 is 11.3 Å². The number of rotatable bonds is 13. The Kier molecular flexibility index (Phi) is 10.1. The molecule has 0 spiro atoms. The first-order chi connectivity index (χ1) is 17.4. The van der Waals surface area contributed by atoms with Crippen LogP contribution in [0.1, 0.15) is 39.7 Å². The minimum absolute atomic E-state index is 0.134. The molecule has 1 aromatic heterocycles. The second-order valence-corrected chi connectivity index (χ2v) is 9.35. The van der Waals surface area contributed by atoms with Crippen LogP contribution in [0.5, 0.6) is 0 Å².